The van der Waals surface area contributed by atoms with Crippen molar-refractivity contribution in [2.45, 2.75) is 7.43 Å². The van der Waals surface area contributed by atoms with Crippen LogP contribution in [0, 0.1) is 12.1 Å². The Bertz CT molecular complexity index is 4860. The molecular formula is C89H63Cl4IK2N4Pt2. The first-order valence-electron chi connectivity index (χ1n) is 32.5. The molecule has 0 saturated carbocycles. The Labute approximate surface area is 693 Å². The predicted molar refractivity (Wildman–Crippen MR) is 439 cm³/mol. The molecule has 0 bridgehead atoms. The molecule has 0 aliphatic heterocycles. The molecule has 0 aliphatic rings. The van der Waals surface area contributed by atoms with Crippen molar-refractivity contribution in [3.8, 4) is 45.0 Å². The number of aromatic nitrogens is 4. The molecule has 0 spiro atoms. The van der Waals surface area contributed by atoms with Gasteiger partial charge in [-0.3, -0.25) is 9.97 Å². The van der Waals surface area contributed by atoms with Gasteiger partial charge in [-0.1, -0.05) is 274 Å². The summed E-state index contributed by atoms with van der Waals surface area (Å²) in [5.41, 5.74) is 19.7. The third kappa shape index (κ3) is 19.3. The Morgan fingerprint density at radius 3 is 0.784 bits per heavy atom. The van der Waals surface area contributed by atoms with E-state index in [0.717, 1.165) is 112 Å². The molecule has 4 aromatic heterocycles. The molecule has 0 saturated heterocycles. The van der Waals surface area contributed by atoms with E-state index in [1.54, 1.807) is 0 Å². The zero-order chi connectivity index (χ0) is 67.9. The minimum Gasteiger partial charge on any atom is -0.296 e. The number of rotatable bonds is 12. The summed E-state index contributed by atoms with van der Waals surface area (Å²) in [6, 6.07) is 129. The van der Waals surface area contributed by atoms with Gasteiger partial charge in [-0.25, -0.2) is 9.97 Å². The summed E-state index contributed by atoms with van der Waals surface area (Å²) in [4.78, 5) is 21.3. The number of nitrogens with zero attached hydrogens (tertiary/aromatic N) is 4. The Balaban J connectivity index is 0.000000196. The molecule has 0 amide bonds. The Morgan fingerprint density at radius 1 is 0.265 bits per heavy atom. The third-order valence-corrected chi connectivity index (χ3v) is 16.9. The van der Waals surface area contributed by atoms with E-state index in [1.165, 1.54) is 106 Å². The van der Waals surface area contributed by atoms with Gasteiger partial charge in [0.15, 0.2) is 0 Å². The van der Waals surface area contributed by atoms with Gasteiger partial charge in [0.25, 0.3) is 0 Å². The van der Waals surface area contributed by atoms with Gasteiger partial charge in [-0.2, -0.15) is 0 Å². The zero-order valence-corrected chi connectivity index (χ0v) is 71.0. The molecule has 16 rings (SSSR count). The van der Waals surface area contributed by atoms with Gasteiger partial charge < -0.3 is 0 Å². The van der Waals surface area contributed by atoms with Crippen molar-refractivity contribution in [2.75, 3.05) is 0 Å². The fourth-order valence-electron chi connectivity index (χ4n) is 12.6. The van der Waals surface area contributed by atoms with Crippen LogP contribution in [0.2, 0.25) is 0 Å². The SMILES string of the molecule is C.I.[Cl][Pt]([Cl])([Cl])[Cl].[K][K].[Pt+2].[c-]1ccccc1-c1cccc(C(=C(c2cccc3ccccc23)c2cccc3ccccc23)c2cccc(-c3[c-]cccc3)n2)n1.c1ccc(-c2cccc(C(=C(c3cccc4ccccc34)c3cccc4ccccc34)c3cccc(-c4ccccc4)n3)n2)cc1. The molecule has 0 radical (unpaired) electrons. The van der Waals surface area contributed by atoms with Crippen LogP contribution in [-0.4, -0.2) is 83.1 Å². The van der Waals surface area contributed by atoms with Crippen molar-refractivity contribution in [2.24, 2.45) is 0 Å². The molecule has 4 heterocycles. The van der Waals surface area contributed by atoms with E-state index in [9.17, 15) is 0 Å². The topological polar surface area (TPSA) is 51.6 Å². The minimum atomic E-state index is -3.06. The molecule has 0 atom stereocenters. The van der Waals surface area contributed by atoms with Gasteiger partial charge in [0.1, 0.15) is 0 Å². The molecule has 0 fully saturated rings. The van der Waals surface area contributed by atoms with Gasteiger partial charge in [0.05, 0.1) is 34.2 Å². The van der Waals surface area contributed by atoms with Gasteiger partial charge in [-0.15, -0.1) is 95.8 Å². The van der Waals surface area contributed by atoms with Crippen LogP contribution in [0.4, 0.5) is 0 Å². The van der Waals surface area contributed by atoms with Crippen LogP contribution in [0.15, 0.2) is 352 Å². The maximum absolute atomic E-state index is 5.36. The van der Waals surface area contributed by atoms with E-state index in [2.05, 4.69) is 303 Å². The Morgan fingerprint density at radius 2 is 0.500 bits per heavy atom. The summed E-state index contributed by atoms with van der Waals surface area (Å²) in [7, 11) is 20.0. The molecule has 16 aromatic rings. The molecule has 496 valence electrons. The van der Waals surface area contributed by atoms with E-state index in [1.807, 2.05) is 60.7 Å². The number of halogens is 5. The van der Waals surface area contributed by atoms with Gasteiger partial charge in [0, 0.05) is 33.4 Å². The maximum Gasteiger partial charge on any atom is 2.00 e. The van der Waals surface area contributed by atoms with Crippen molar-refractivity contribution < 1.29 is 33.0 Å². The monoisotopic (exact) mass is 1920 g/mol. The van der Waals surface area contributed by atoms with Crippen molar-refractivity contribution in [1.82, 2.24) is 19.9 Å². The number of fused-ring (bicyclic) bond motifs is 4. The summed E-state index contributed by atoms with van der Waals surface area (Å²) < 4.78 is 0. The van der Waals surface area contributed by atoms with Crippen molar-refractivity contribution in [1.29, 1.82) is 0 Å². The molecular weight excluding hydrogens is 1860 g/mol. The van der Waals surface area contributed by atoms with E-state index < -0.39 is 11.9 Å². The zero-order valence-electron chi connectivity index (χ0n) is 54.8. The van der Waals surface area contributed by atoms with Crippen molar-refractivity contribution in [3.63, 3.8) is 0 Å². The van der Waals surface area contributed by atoms with Gasteiger partial charge in [-0.05, 0) is 113 Å². The van der Waals surface area contributed by atoms with Crippen LogP contribution in [0.5, 0.6) is 0 Å². The maximum atomic E-state index is 5.36. The van der Waals surface area contributed by atoms with E-state index in [0.29, 0.717) is 0 Å². The van der Waals surface area contributed by atoms with Crippen molar-refractivity contribution >= 4 is 190 Å². The van der Waals surface area contributed by atoms with Crippen molar-refractivity contribution in [3.05, 3.63) is 409 Å². The van der Waals surface area contributed by atoms with E-state index >= 15 is 0 Å². The normalized spacial score (nSPS) is 10.8. The first-order chi connectivity index (χ1) is 48.7. The van der Waals surface area contributed by atoms with E-state index in [-0.39, 0.29) is 52.5 Å². The molecule has 0 unspecified atom stereocenters. The van der Waals surface area contributed by atoms with Gasteiger partial charge in [0.2, 0.25) is 0 Å². The summed E-state index contributed by atoms with van der Waals surface area (Å²) in [6.45, 7) is 0. The number of hydrogen-bond acceptors (Lipinski definition) is 4. The van der Waals surface area contributed by atoms with Crippen LogP contribution in [0.3, 0.4) is 0 Å². The van der Waals surface area contributed by atoms with Crippen LogP contribution < -0.4 is 0 Å². The summed E-state index contributed by atoms with van der Waals surface area (Å²) in [6.07, 6.45) is 0. The fourth-order valence-corrected chi connectivity index (χ4v) is 12.6. The third-order valence-electron chi connectivity index (χ3n) is 16.9. The minimum absolute atomic E-state index is 0. The van der Waals surface area contributed by atoms with Crippen LogP contribution in [-0.2, 0) is 33.0 Å². The van der Waals surface area contributed by atoms with Crippen LogP contribution in [0.1, 0.15) is 52.5 Å². The number of benzene rings is 12. The summed E-state index contributed by atoms with van der Waals surface area (Å²) in [5.74, 6) is 0. The molecule has 12 aromatic carbocycles. The smallest absolute Gasteiger partial charge is 0.296 e. The number of pyridine rings is 4. The first kappa shape index (κ1) is 78.9. The quantitative estimate of drug-likeness (QED) is 0.0695. The molecule has 0 aliphatic carbocycles. The molecule has 0 N–H and O–H groups in total. The number of hydrogen-bond donors (Lipinski definition) is 0. The first-order valence-corrected chi connectivity index (χ1v) is 59.8. The fraction of sp³-hybridized carbons (Fsp3) is 0.0112. The second-order valence-corrected chi connectivity index (χ2v) is 42.5. The molecule has 102 heavy (non-hydrogen) atoms. The van der Waals surface area contributed by atoms with Crippen LogP contribution in [0.25, 0.3) is 110 Å². The largest absolute Gasteiger partial charge is 2.00 e. The average molecular weight is 1930 g/mol. The summed E-state index contributed by atoms with van der Waals surface area (Å²) in [5, 5.41) is 9.45. The molecule has 13 heteroatoms. The van der Waals surface area contributed by atoms with Crippen LogP contribution >= 0.6 is 61.6 Å². The average Bonchev–Trinajstić information content (AvgIpc) is 0.755. The summed E-state index contributed by atoms with van der Waals surface area (Å²) >= 11 is -0.556. The second-order valence-electron chi connectivity index (χ2n) is 22.8. The Hall–Kier alpha value is -5.70. The standard InChI is InChI=1S/C44H30N2.C44H28N2.CH4.4ClH.HI.2K.2Pt/c2*1-3-17-33(18-4-1)39-27-13-29-41(45-39)44(42-30-14-28-40(46-42)34-19-5-2-6-20-34)43(37-25-11-21-31-15-7-9-23-35(31)37)38-26-12-22-32-16-8-10-24-36(32)38;;;;;;;;;;/h1-30H;1-17,19,21-30H;1H4;5*1H;;;;/q;-2;;;;;;;;;+2;+4/p-4. The Kier molecular flexibility index (Phi) is 29.8. The van der Waals surface area contributed by atoms with E-state index in [4.69, 9.17) is 57.6 Å². The molecule has 4 nitrogen and oxygen atoms in total. The second kappa shape index (κ2) is 38.5. The van der Waals surface area contributed by atoms with Gasteiger partial charge >= 0.3 is 134 Å². The predicted octanol–water partition coefficient (Wildman–Crippen LogP) is 25.1.